The molecule has 0 aromatic rings. The predicted molar refractivity (Wildman–Crippen MR) is 87.3 cm³/mol. The summed E-state index contributed by atoms with van der Waals surface area (Å²) in [6.45, 7) is 2.20. The zero-order valence-electron chi connectivity index (χ0n) is 14.3. The summed E-state index contributed by atoms with van der Waals surface area (Å²) >= 11 is 0. The molecule has 4 heteroatoms. The van der Waals surface area contributed by atoms with Gasteiger partial charge in [-0.25, -0.2) is 0 Å². The second-order valence-corrected chi connectivity index (χ2v) is 6.37. The fourth-order valence-corrected chi connectivity index (χ4v) is 2.67. The fraction of sp³-hybridized carbons (Fsp3) is 0.944. The van der Waals surface area contributed by atoms with Crippen molar-refractivity contribution in [3.63, 3.8) is 0 Å². The number of rotatable bonds is 16. The van der Waals surface area contributed by atoms with E-state index in [2.05, 4.69) is 6.92 Å². The fourth-order valence-electron chi connectivity index (χ4n) is 2.67. The van der Waals surface area contributed by atoms with E-state index in [1.165, 1.54) is 25.7 Å². The van der Waals surface area contributed by atoms with Crippen LogP contribution in [0.2, 0.25) is 0 Å². The van der Waals surface area contributed by atoms with Crippen molar-refractivity contribution >= 4 is 5.97 Å². The van der Waals surface area contributed by atoms with E-state index in [0.717, 1.165) is 38.5 Å². The van der Waals surface area contributed by atoms with E-state index in [9.17, 15) is 20.1 Å². The lowest BCUT2D eigenvalue weighted by molar-refractivity contribution is -0.305. The summed E-state index contributed by atoms with van der Waals surface area (Å²) in [6, 6.07) is 0. The molecule has 0 saturated carbocycles. The Kier molecular flexibility index (Phi) is 14.9. The first-order valence-electron chi connectivity index (χ1n) is 9.14. The summed E-state index contributed by atoms with van der Waals surface area (Å²) in [5, 5.41) is 30.0. The molecule has 2 atom stereocenters. The largest absolute Gasteiger partial charge is 0.550 e. The van der Waals surface area contributed by atoms with Crippen molar-refractivity contribution in [2.75, 3.05) is 0 Å². The van der Waals surface area contributed by atoms with Crippen LogP contribution in [0.15, 0.2) is 0 Å². The van der Waals surface area contributed by atoms with Gasteiger partial charge in [-0.1, -0.05) is 71.1 Å². The van der Waals surface area contributed by atoms with Crippen LogP contribution in [-0.4, -0.2) is 28.4 Å². The number of hydrogen-bond acceptors (Lipinski definition) is 4. The Morgan fingerprint density at radius 2 is 1.18 bits per heavy atom. The Bertz CT molecular complexity index is 255. The first-order chi connectivity index (χ1) is 10.6. The van der Waals surface area contributed by atoms with Crippen LogP contribution in [0.3, 0.4) is 0 Å². The number of carboxylic acids is 1. The smallest absolute Gasteiger partial charge is 0.0799 e. The molecule has 0 fully saturated rings. The van der Waals surface area contributed by atoms with Crippen LogP contribution in [-0.2, 0) is 4.79 Å². The molecule has 0 spiro atoms. The number of carbonyl (C=O) groups is 1. The van der Waals surface area contributed by atoms with E-state index in [1.54, 1.807) is 0 Å². The van der Waals surface area contributed by atoms with Gasteiger partial charge in [0.25, 0.3) is 0 Å². The lowest BCUT2D eigenvalue weighted by atomic mass is 9.99. The molecule has 0 amide bonds. The summed E-state index contributed by atoms with van der Waals surface area (Å²) < 4.78 is 0. The zero-order valence-corrected chi connectivity index (χ0v) is 14.3. The van der Waals surface area contributed by atoms with Gasteiger partial charge in [-0.3, -0.25) is 0 Å². The van der Waals surface area contributed by atoms with Crippen LogP contribution in [0.5, 0.6) is 0 Å². The van der Waals surface area contributed by atoms with E-state index in [-0.39, 0.29) is 6.42 Å². The summed E-state index contributed by atoms with van der Waals surface area (Å²) in [5.74, 6) is -0.978. The van der Waals surface area contributed by atoms with Gasteiger partial charge in [-0.15, -0.1) is 0 Å². The molecular weight excluding hydrogens is 280 g/mol. The van der Waals surface area contributed by atoms with E-state index < -0.39 is 18.2 Å². The molecule has 4 nitrogen and oxygen atoms in total. The van der Waals surface area contributed by atoms with Gasteiger partial charge in [0.15, 0.2) is 0 Å². The molecular formula is C18H35O4-. The van der Waals surface area contributed by atoms with Crippen molar-refractivity contribution in [2.45, 2.75) is 109 Å². The first kappa shape index (κ1) is 21.4. The minimum absolute atomic E-state index is 0.138. The van der Waals surface area contributed by atoms with Gasteiger partial charge < -0.3 is 20.1 Å². The summed E-state index contributed by atoms with van der Waals surface area (Å²) in [5.41, 5.74) is 0. The molecule has 0 unspecified atom stereocenters. The Balaban J connectivity index is 3.38. The van der Waals surface area contributed by atoms with Crippen molar-refractivity contribution in [1.82, 2.24) is 0 Å². The van der Waals surface area contributed by atoms with Crippen LogP contribution >= 0.6 is 0 Å². The summed E-state index contributed by atoms with van der Waals surface area (Å²) in [6.07, 6.45) is 11.8. The SMILES string of the molecule is CCCCCCCC[C@H](O)[C@H](O)CCCCCCCC(=O)[O-]. The Labute approximate surface area is 135 Å². The second-order valence-electron chi connectivity index (χ2n) is 6.37. The molecule has 0 aliphatic carbocycles. The maximum atomic E-state index is 10.2. The third kappa shape index (κ3) is 14.3. The molecule has 22 heavy (non-hydrogen) atoms. The van der Waals surface area contributed by atoms with Gasteiger partial charge in [0.1, 0.15) is 0 Å². The molecule has 0 aliphatic heterocycles. The number of aliphatic carboxylic acids is 1. The highest BCUT2D eigenvalue weighted by molar-refractivity contribution is 5.63. The molecule has 0 bridgehead atoms. The normalized spacial score (nSPS) is 14.0. The molecule has 0 saturated heterocycles. The number of hydrogen-bond donors (Lipinski definition) is 2. The average molecular weight is 315 g/mol. The van der Waals surface area contributed by atoms with E-state index in [1.807, 2.05) is 0 Å². The highest BCUT2D eigenvalue weighted by atomic mass is 16.4. The molecule has 0 heterocycles. The lowest BCUT2D eigenvalue weighted by Gasteiger charge is -2.17. The number of unbranched alkanes of at least 4 members (excludes halogenated alkanes) is 9. The number of aliphatic hydroxyl groups excluding tert-OH is 2. The van der Waals surface area contributed by atoms with Gasteiger partial charge in [0.2, 0.25) is 0 Å². The number of aliphatic hydroxyl groups is 2. The van der Waals surface area contributed by atoms with E-state index in [0.29, 0.717) is 19.3 Å². The van der Waals surface area contributed by atoms with Crippen LogP contribution in [0.25, 0.3) is 0 Å². The van der Waals surface area contributed by atoms with Crippen molar-refractivity contribution in [2.24, 2.45) is 0 Å². The molecule has 132 valence electrons. The van der Waals surface area contributed by atoms with Gasteiger partial charge >= 0.3 is 0 Å². The van der Waals surface area contributed by atoms with Crippen molar-refractivity contribution in [3.05, 3.63) is 0 Å². The maximum Gasteiger partial charge on any atom is 0.0799 e. The molecule has 2 N–H and O–H groups in total. The van der Waals surface area contributed by atoms with Crippen LogP contribution in [0.1, 0.15) is 96.8 Å². The van der Waals surface area contributed by atoms with Crippen LogP contribution in [0, 0.1) is 0 Å². The molecule has 0 aromatic heterocycles. The van der Waals surface area contributed by atoms with Crippen LogP contribution < -0.4 is 5.11 Å². The van der Waals surface area contributed by atoms with E-state index >= 15 is 0 Å². The monoisotopic (exact) mass is 315 g/mol. The standard InChI is InChI=1S/C18H36O4/c1-2-3-4-5-7-10-13-16(19)17(20)14-11-8-6-9-12-15-18(21)22/h16-17,19-20H,2-15H2,1H3,(H,21,22)/p-1/t16-,17+/m0/s1. The Morgan fingerprint density at radius 3 is 1.64 bits per heavy atom. The average Bonchev–Trinajstić information content (AvgIpc) is 2.49. The summed E-state index contributed by atoms with van der Waals surface area (Å²) in [4.78, 5) is 10.2. The van der Waals surface area contributed by atoms with Gasteiger partial charge in [0, 0.05) is 5.97 Å². The molecule has 0 rings (SSSR count). The van der Waals surface area contributed by atoms with Crippen molar-refractivity contribution in [3.8, 4) is 0 Å². The third-order valence-electron chi connectivity index (χ3n) is 4.18. The van der Waals surface area contributed by atoms with Gasteiger partial charge in [0.05, 0.1) is 12.2 Å². The topological polar surface area (TPSA) is 80.6 Å². The quantitative estimate of drug-likeness (QED) is 0.429. The summed E-state index contributed by atoms with van der Waals surface area (Å²) in [7, 11) is 0. The van der Waals surface area contributed by atoms with Gasteiger partial charge in [-0.2, -0.15) is 0 Å². The number of carboxylic acid groups (broad SMARTS) is 1. The second kappa shape index (κ2) is 15.3. The Morgan fingerprint density at radius 1 is 0.773 bits per heavy atom. The zero-order chi connectivity index (χ0) is 16.6. The molecule has 0 radical (unpaired) electrons. The lowest BCUT2D eigenvalue weighted by Crippen LogP contribution is -2.25. The minimum Gasteiger partial charge on any atom is -0.550 e. The highest BCUT2D eigenvalue weighted by Crippen LogP contribution is 2.15. The van der Waals surface area contributed by atoms with Crippen molar-refractivity contribution in [1.29, 1.82) is 0 Å². The molecule has 0 aromatic carbocycles. The third-order valence-corrected chi connectivity index (χ3v) is 4.18. The minimum atomic E-state index is -0.978. The van der Waals surface area contributed by atoms with Crippen molar-refractivity contribution < 1.29 is 20.1 Å². The highest BCUT2D eigenvalue weighted by Gasteiger charge is 2.14. The predicted octanol–water partition coefficient (Wildman–Crippen LogP) is 2.94. The van der Waals surface area contributed by atoms with Gasteiger partial charge in [-0.05, 0) is 25.7 Å². The number of carbonyl (C=O) groups excluding carboxylic acids is 1. The Hall–Kier alpha value is -0.610. The maximum absolute atomic E-state index is 10.2. The first-order valence-corrected chi connectivity index (χ1v) is 9.14. The molecule has 0 aliphatic rings. The van der Waals surface area contributed by atoms with Crippen LogP contribution in [0.4, 0.5) is 0 Å². The van der Waals surface area contributed by atoms with E-state index in [4.69, 9.17) is 0 Å².